The Morgan fingerprint density at radius 1 is 1.30 bits per heavy atom. The normalized spacial score (nSPS) is 23.8. The highest BCUT2D eigenvalue weighted by molar-refractivity contribution is 5.69. The fourth-order valence-electron chi connectivity index (χ4n) is 3.37. The lowest BCUT2D eigenvalue weighted by atomic mass is 10.1. The van der Waals surface area contributed by atoms with Crippen molar-refractivity contribution in [2.24, 2.45) is 0 Å². The summed E-state index contributed by atoms with van der Waals surface area (Å²) >= 11 is 0. The van der Waals surface area contributed by atoms with Crippen LogP contribution in [-0.2, 0) is 11.2 Å². The average Bonchev–Trinajstić information content (AvgIpc) is 2.82. The number of carboxylic acid groups (broad SMARTS) is 1. The highest BCUT2D eigenvalue weighted by atomic mass is 19.1. The fraction of sp³-hybridized carbons (Fsp3) is 0.533. The highest BCUT2D eigenvalue weighted by Crippen LogP contribution is 2.36. The maximum absolute atomic E-state index is 13.2. The Bertz CT molecular complexity index is 513. The SMILES string of the molecule is O=C(O)CN1CCN(C2CCc3cc(F)ccc32)CC1. The Morgan fingerprint density at radius 3 is 2.75 bits per heavy atom. The van der Waals surface area contributed by atoms with Crippen LogP contribution in [-0.4, -0.2) is 53.6 Å². The molecular weight excluding hydrogens is 259 g/mol. The molecule has 1 heterocycles. The maximum atomic E-state index is 13.2. The molecule has 1 saturated heterocycles. The summed E-state index contributed by atoms with van der Waals surface area (Å²) < 4.78 is 13.2. The van der Waals surface area contributed by atoms with E-state index < -0.39 is 5.97 Å². The van der Waals surface area contributed by atoms with E-state index in [4.69, 9.17) is 5.11 Å². The van der Waals surface area contributed by atoms with E-state index >= 15 is 0 Å². The summed E-state index contributed by atoms with van der Waals surface area (Å²) in [5.74, 6) is -0.921. The van der Waals surface area contributed by atoms with Gasteiger partial charge in [0.15, 0.2) is 0 Å². The number of fused-ring (bicyclic) bond motifs is 1. The van der Waals surface area contributed by atoms with Crippen molar-refractivity contribution in [2.75, 3.05) is 32.7 Å². The van der Waals surface area contributed by atoms with E-state index in [0.717, 1.165) is 44.6 Å². The van der Waals surface area contributed by atoms with Crippen LogP contribution in [0.1, 0.15) is 23.6 Å². The molecule has 1 aliphatic carbocycles. The molecule has 1 aromatic carbocycles. The summed E-state index contributed by atoms with van der Waals surface area (Å²) in [5, 5.41) is 8.81. The molecule has 1 atom stereocenters. The van der Waals surface area contributed by atoms with E-state index in [9.17, 15) is 9.18 Å². The van der Waals surface area contributed by atoms with E-state index in [0.29, 0.717) is 6.04 Å². The second-order valence-corrected chi connectivity index (χ2v) is 5.60. The molecule has 1 aliphatic heterocycles. The second-order valence-electron chi connectivity index (χ2n) is 5.60. The molecule has 0 amide bonds. The third-order valence-corrected chi connectivity index (χ3v) is 4.36. The number of piperazine rings is 1. The lowest BCUT2D eigenvalue weighted by Crippen LogP contribution is -2.48. The van der Waals surface area contributed by atoms with Crippen LogP contribution < -0.4 is 0 Å². The number of halogens is 1. The van der Waals surface area contributed by atoms with Crippen LogP contribution in [0.15, 0.2) is 18.2 Å². The molecule has 108 valence electrons. The zero-order valence-corrected chi connectivity index (χ0v) is 11.4. The van der Waals surface area contributed by atoms with Gasteiger partial charge in [0.05, 0.1) is 6.54 Å². The number of hydrogen-bond donors (Lipinski definition) is 1. The molecule has 0 saturated carbocycles. The maximum Gasteiger partial charge on any atom is 0.317 e. The first-order chi connectivity index (χ1) is 9.63. The third kappa shape index (κ3) is 2.69. The zero-order valence-electron chi connectivity index (χ0n) is 11.4. The van der Waals surface area contributed by atoms with Gasteiger partial charge in [-0.1, -0.05) is 6.07 Å². The fourth-order valence-corrected chi connectivity index (χ4v) is 3.37. The topological polar surface area (TPSA) is 43.8 Å². The molecule has 1 unspecified atom stereocenters. The van der Waals surface area contributed by atoms with E-state index in [2.05, 4.69) is 4.90 Å². The van der Waals surface area contributed by atoms with Gasteiger partial charge < -0.3 is 5.11 Å². The first-order valence-electron chi connectivity index (χ1n) is 7.10. The van der Waals surface area contributed by atoms with Crippen molar-refractivity contribution < 1.29 is 14.3 Å². The summed E-state index contributed by atoms with van der Waals surface area (Å²) in [6, 6.07) is 5.47. The first-order valence-corrected chi connectivity index (χ1v) is 7.10. The van der Waals surface area contributed by atoms with Crippen LogP contribution in [0.4, 0.5) is 4.39 Å². The number of carboxylic acids is 1. The van der Waals surface area contributed by atoms with Crippen molar-refractivity contribution in [1.29, 1.82) is 0 Å². The van der Waals surface area contributed by atoms with E-state index in [1.165, 1.54) is 11.6 Å². The Balaban J connectivity index is 1.64. The van der Waals surface area contributed by atoms with E-state index in [1.54, 1.807) is 6.07 Å². The molecule has 20 heavy (non-hydrogen) atoms. The summed E-state index contributed by atoms with van der Waals surface area (Å²) in [7, 11) is 0. The average molecular weight is 278 g/mol. The molecule has 4 nitrogen and oxygen atoms in total. The minimum Gasteiger partial charge on any atom is -0.480 e. The number of hydrogen-bond acceptors (Lipinski definition) is 3. The summed E-state index contributed by atoms with van der Waals surface area (Å²) in [5.41, 5.74) is 2.38. The molecule has 1 aromatic rings. The van der Waals surface area contributed by atoms with Crippen molar-refractivity contribution in [3.05, 3.63) is 35.1 Å². The lowest BCUT2D eigenvalue weighted by Gasteiger charge is -2.37. The summed E-state index contributed by atoms with van der Waals surface area (Å²) in [4.78, 5) is 15.1. The highest BCUT2D eigenvalue weighted by Gasteiger charge is 2.30. The predicted octanol–water partition coefficient (Wildman–Crippen LogP) is 1.52. The van der Waals surface area contributed by atoms with Crippen molar-refractivity contribution in [3.8, 4) is 0 Å². The van der Waals surface area contributed by atoms with Crippen LogP contribution in [0.2, 0.25) is 0 Å². The number of carbonyl (C=O) groups is 1. The van der Waals surface area contributed by atoms with Gasteiger partial charge in [0.2, 0.25) is 0 Å². The van der Waals surface area contributed by atoms with Gasteiger partial charge in [0, 0.05) is 32.2 Å². The molecule has 2 aliphatic rings. The zero-order chi connectivity index (χ0) is 14.1. The largest absolute Gasteiger partial charge is 0.480 e. The minimum absolute atomic E-state index is 0.125. The predicted molar refractivity (Wildman–Crippen MR) is 73.1 cm³/mol. The van der Waals surface area contributed by atoms with Crippen LogP contribution in [0.5, 0.6) is 0 Å². The van der Waals surface area contributed by atoms with E-state index in [1.807, 2.05) is 11.0 Å². The van der Waals surface area contributed by atoms with Crippen LogP contribution >= 0.6 is 0 Å². The molecule has 5 heteroatoms. The number of rotatable bonds is 3. The van der Waals surface area contributed by atoms with Gasteiger partial charge in [0.25, 0.3) is 0 Å². The van der Waals surface area contributed by atoms with Crippen LogP contribution in [0, 0.1) is 5.82 Å². The monoisotopic (exact) mass is 278 g/mol. The molecule has 0 spiro atoms. The van der Waals surface area contributed by atoms with Crippen molar-refractivity contribution in [3.63, 3.8) is 0 Å². The molecule has 3 rings (SSSR count). The number of aryl methyl sites for hydroxylation is 1. The van der Waals surface area contributed by atoms with Crippen molar-refractivity contribution in [2.45, 2.75) is 18.9 Å². The van der Waals surface area contributed by atoms with Gasteiger partial charge in [-0.3, -0.25) is 14.6 Å². The quantitative estimate of drug-likeness (QED) is 0.910. The third-order valence-electron chi connectivity index (χ3n) is 4.36. The lowest BCUT2D eigenvalue weighted by molar-refractivity contribution is -0.138. The molecule has 1 N–H and O–H groups in total. The van der Waals surface area contributed by atoms with Crippen molar-refractivity contribution in [1.82, 2.24) is 9.80 Å². The Kier molecular flexibility index (Phi) is 3.72. The minimum atomic E-state index is -0.764. The summed E-state index contributed by atoms with van der Waals surface area (Å²) in [6.45, 7) is 3.47. The van der Waals surface area contributed by atoms with Gasteiger partial charge in [-0.2, -0.15) is 0 Å². The van der Waals surface area contributed by atoms with Gasteiger partial charge in [-0.15, -0.1) is 0 Å². The molecule has 0 radical (unpaired) electrons. The van der Waals surface area contributed by atoms with Gasteiger partial charge >= 0.3 is 5.97 Å². The van der Waals surface area contributed by atoms with E-state index in [-0.39, 0.29) is 12.4 Å². The Labute approximate surface area is 117 Å². The molecular formula is C15H19FN2O2. The number of nitrogens with zero attached hydrogens (tertiary/aromatic N) is 2. The second kappa shape index (κ2) is 5.50. The van der Waals surface area contributed by atoms with Crippen LogP contribution in [0.25, 0.3) is 0 Å². The first kappa shape index (κ1) is 13.5. The van der Waals surface area contributed by atoms with Gasteiger partial charge in [0.1, 0.15) is 5.82 Å². The van der Waals surface area contributed by atoms with Gasteiger partial charge in [-0.05, 0) is 36.1 Å². The van der Waals surface area contributed by atoms with Gasteiger partial charge in [-0.25, -0.2) is 4.39 Å². The number of benzene rings is 1. The molecule has 0 bridgehead atoms. The number of aliphatic carboxylic acids is 1. The standard InChI is InChI=1S/C15H19FN2O2/c16-12-2-3-13-11(9-12)1-4-14(13)18-7-5-17(6-8-18)10-15(19)20/h2-3,9,14H,1,4-8,10H2,(H,19,20). The van der Waals surface area contributed by atoms with Crippen molar-refractivity contribution >= 4 is 5.97 Å². The molecule has 1 fully saturated rings. The summed E-state index contributed by atoms with van der Waals surface area (Å²) in [6.07, 6.45) is 1.98. The Morgan fingerprint density at radius 2 is 2.05 bits per heavy atom. The smallest absolute Gasteiger partial charge is 0.317 e. The molecule has 0 aromatic heterocycles. The Hall–Kier alpha value is -1.46. The van der Waals surface area contributed by atoms with Crippen LogP contribution in [0.3, 0.4) is 0 Å².